The predicted molar refractivity (Wildman–Crippen MR) is 145 cm³/mol. The molecule has 0 radical (unpaired) electrons. The van der Waals surface area contributed by atoms with Crippen LogP contribution in [0.3, 0.4) is 0 Å². The summed E-state index contributed by atoms with van der Waals surface area (Å²) >= 11 is 0. The van der Waals surface area contributed by atoms with E-state index in [4.69, 9.17) is 0 Å². The minimum atomic E-state index is 1.17. The van der Waals surface area contributed by atoms with Gasteiger partial charge in [-0.25, -0.2) is 0 Å². The summed E-state index contributed by atoms with van der Waals surface area (Å²) < 4.78 is 1.29. The van der Waals surface area contributed by atoms with Crippen molar-refractivity contribution in [2.45, 2.75) is 103 Å². The third-order valence-electron chi connectivity index (χ3n) is 6.73. The van der Waals surface area contributed by atoms with E-state index in [0.29, 0.717) is 0 Å². The first kappa shape index (κ1) is 28.4. The van der Waals surface area contributed by atoms with Gasteiger partial charge in [0.15, 0.2) is 0 Å². The molecule has 0 aliphatic rings. The Morgan fingerprint density at radius 1 is 0.500 bits per heavy atom. The van der Waals surface area contributed by atoms with Crippen molar-refractivity contribution in [3.05, 3.63) is 73.9 Å². The summed E-state index contributed by atoms with van der Waals surface area (Å²) in [6.45, 7) is 16.8. The smallest absolute Gasteiger partial charge is 0.104 e. The molecule has 0 aliphatic heterocycles. The van der Waals surface area contributed by atoms with Gasteiger partial charge >= 0.3 is 0 Å². The van der Waals surface area contributed by atoms with Gasteiger partial charge in [-0.2, -0.15) is 0 Å². The third-order valence-corrected chi connectivity index (χ3v) is 6.73. The SMILES string of the molecule is C=CCCCCCC[N+](CCCCCCC=C)(CCCCCCC=C)Cc1ccccc1. The number of rotatable bonds is 23. The molecule has 180 valence electrons. The van der Waals surface area contributed by atoms with Crippen LogP contribution in [0, 0.1) is 0 Å². The molecule has 0 atom stereocenters. The summed E-state index contributed by atoms with van der Waals surface area (Å²) in [5, 5.41) is 0. The highest BCUT2D eigenvalue weighted by molar-refractivity contribution is 5.13. The Morgan fingerprint density at radius 3 is 1.25 bits per heavy atom. The van der Waals surface area contributed by atoms with Gasteiger partial charge in [0, 0.05) is 5.56 Å². The largest absolute Gasteiger partial charge is 0.320 e. The van der Waals surface area contributed by atoms with Crippen LogP contribution in [0.5, 0.6) is 0 Å². The molecule has 0 saturated heterocycles. The van der Waals surface area contributed by atoms with Crippen molar-refractivity contribution in [2.24, 2.45) is 0 Å². The molecule has 1 nitrogen and oxygen atoms in total. The molecule has 0 heterocycles. The van der Waals surface area contributed by atoms with Gasteiger partial charge in [-0.05, 0) is 77.0 Å². The zero-order valence-corrected chi connectivity index (χ0v) is 21.1. The zero-order chi connectivity index (χ0) is 23.2. The van der Waals surface area contributed by atoms with Crippen molar-refractivity contribution in [1.29, 1.82) is 0 Å². The Kier molecular flexibility index (Phi) is 17.8. The molecule has 0 saturated carbocycles. The van der Waals surface area contributed by atoms with E-state index < -0.39 is 0 Å². The minimum absolute atomic E-state index is 1.17. The van der Waals surface area contributed by atoms with Crippen LogP contribution in [0.25, 0.3) is 0 Å². The standard InChI is InChI=1S/C31H52N/c1-4-7-10-13-16-22-27-32(28-23-17-14-11-8-5-2,29-24-18-15-12-9-6-3)30-31-25-20-19-21-26-31/h4-6,19-21,25-26H,1-3,7-18,22-24,27-30H2/q+1. The average molecular weight is 439 g/mol. The van der Waals surface area contributed by atoms with Crippen molar-refractivity contribution >= 4 is 0 Å². The highest BCUT2D eigenvalue weighted by Gasteiger charge is 2.26. The van der Waals surface area contributed by atoms with Crippen molar-refractivity contribution in [1.82, 2.24) is 0 Å². The molecule has 0 fully saturated rings. The van der Waals surface area contributed by atoms with Crippen LogP contribution in [-0.4, -0.2) is 24.1 Å². The summed E-state index contributed by atoms with van der Waals surface area (Å²) in [5.74, 6) is 0. The molecule has 0 bridgehead atoms. The summed E-state index contributed by atoms with van der Waals surface area (Å²) in [6.07, 6.45) is 25.8. The summed E-state index contributed by atoms with van der Waals surface area (Å²) in [6, 6.07) is 11.3. The molecule has 0 N–H and O–H groups in total. The Hall–Kier alpha value is -1.60. The fourth-order valence-electron chi connectivity index (χ4n) is 4.81. The average Bonchev–Trinajstić information content (AvgIpc) is 2.81. The molecule has 0 spiro atoms. The topological polar surface area (TPSA) is 0 Å². The van der Waals surface area contributed by atoms with Gasteiger partial charge in [0.1, 0.15) is 6.54 Å². The van der Waals surface area contributed by atoms with Gasteiger partial charge in [-0.3, -0.25) is 0 Å². The monoisotopic (exact) mass is 438 g/mol. The Morgan fingerprint density at radius 2 is 0.875 bits per heavy atom. The second kappa shape index (κ2) is 20.0. The van der Waals surface area contributed by atoms with Gasteiger partial charge < -0.3 is 4.48 Å². The summed E-state index contributed by atoms with van der Waals surface area (Å²) in [7, 11) is 0. The summed E-state index contributed by atoms with van der Waals surface area (Å²) in [4.78, 5) is 0. The lowest BCUT2D eigenvalue weighted by Crippen LogP contribution is -2.49. The second-order valence-corrected chi connectivity index (χ2v) is 9.63. The molecule has 0 aliphatic carbocycles. The maximum absolute atomic E-state index is 3.87. The maximum Gasteiger partial charge on any atom is 0.104 e. The van der Waals surface area contributed by atoms with Crippen LogP contribution in [0.2, 0.25) is 0 Å². The number of quaternary nitrogens is 1. The van der Waals surface area contributed by atoms with E-state index in [0.717, 1.165) is 0 Å². The number of nitrogens with zero attached hydrogens (tertiary/aromatic N) is 1. The molecule has 32 heavy (non-hydrogen) atoms. The molecule has 0 aromatic heterocycles. The second-order valence-electron chi connectivity index (χ2n) is 9.63. The van der Waals surface area contributed by atoms with E-state index in [1.165, 1.54) is 133 Å². The molecule has 0 unspecified atom stereocenters. The first-order valence-corrected chi connectivity index (χ1v) is 13.5. The fraction of sp³-hybridized carbons (Fsp3) is 0.613. The van der Waals surface area contributed by atoms with Crippen molar-refractivity contribution in [3.8, 4) is 0 Å². The van der Waals surface area contributed by atoms with E-state index in [-0.39, 0.29) is 0 Å². The van der Waals surface area contributed by atoms with Gasteiger partial charge in [0.05, 0.1) is 19.6 Å². The van der Waals surface area contributed by atoms with Crippen LogP contribution in [0.4, 0.5) is 0 Å². The summed E-state index contributed by atoms with van der Waals surface area (Å²) in [5.41, 5.74) is 1.51. The number of unbranched alkanes of at least 4 members (excludes halogenated alkanes) is 12. The number of allylic oxidation sites excluding steroid dienone is 3. The van der Waals surface area contributed by atoms with E-state index >= 15 is 0 Å². The molecule has 1 aromatic carbocycles. The van der Waals surface area contributed by atoms with E-state index in [9.17, 15) is 0 Å². The molecule has 0 amide bonds. The van der Waals surface area contributed by atoms with E-state index in [1.54, 1.807) is 0 Å². The highest BCUT2D eigenvalue weighted by atomic mass is 15.3. The van der Waals surface area contributed by atoms with Gasteiger partial charge in [-0.1, -0.05) is 67.8 Å². The lowest BCUT2D eigenvalue weighted by molar-refractivity contribution is -0.941. The zero-order valence-electron chi connectivity index (χ0n) is 21.1. The molecular formula is C31H52N+. The Balaban J connectivity index is 2.72. The third kappa shape index (κ3) is 14.5. The first-order valence-electron chi connectivity index (χ1n) is 13.5. The number of hydrogen-bond donors (Lipinski definition) is 0. The lowest BCUT2D eigenvalue weighted by atomic mass is 10.0. The predicted octanol–water partition coefficient (Wildman–Crippen LogP) is 9.41. The van der Waals surface area contributed by atoms with Crippen LogP contribution in [0.15, 0.2) is 68.3 Å². The maximum atomic E-state index is 3.87. The van der Waals surface area contributed by atoms with Gasteiger partial charge in [0.2, 0.25) is 0 Å². The normalized spacial score (nSPS) is 11.4. The van der Waals surface area contributed by atoms with Crippen molar-refractivity contribution in [2.75, 3.05) is 19.6 Å². The fourth-order valence-corrected chi connectivity index (χ4v) is 4.81. The van der Waals surface area contributed by atoms with Crippen LogP contribution >= 0.6 is 0 Å². The Bertz CT molecular complexity index is 523. The molecular weight excluding hydrogens is 386 g/mol. The molecule has 1 rings (SSSR count). The number of hydrogen-bond acceptors (Lipinski definition) is 0. The highest BCUT2D eigenvalue weighted by Crippen LogP contribution is 2.22. The van der Waals surface area contributed by atoms with Crippen LogP contribution in [-0.2, 0) is 6.54 Å². The number of benzene rings is 1. The Labute approximate surface area is 200 Å². The van der Waals surface area contributed by atoms with Gasteiger partial charge in [0.25, 0.3) is 0 Å². The van der Waals surface area contributed by atoms with Crippen LogP contribution < -0.4 is 0 Å². The van der Waals surface area contributed by atoms with Crippen molar-refractivity contribution in [3.63, 3.8) is 0 Å². The quantitative estimate of drug-likeness (QED) is 0.0906. The van der Waals surface area contributed by atoms with Crippen molar-refractivity contribution < 1.29 is 4.48 Å². The van der Waals surface area contributed by atoms with Crippen LogP contribution in [0.1, 0.15) is 102 Å². The van der Waals surface area contributed by atoms with E-state index in [1.807, 2.05) is 0 Å². The van der Waals surface area contributed by atoms with E-state index in [2.05, 4.69) is 68.3 Å². The first-order chi connectivity index (χ1) is 15.8. The molecule has 1 heteroatoms. The molecule has 1 aromatic rings. The lowest BCUT2D eigenvalue weighted by Gasteiger charge is -2.39. The van der Waals surface area contributed by atoms with Gasteiger partial charge in [-0.15, -0.1) is 19.7 Å². The minimum Gasteiger partial charge on any atom is -0.320 e.